The number of thiophene rings is 1. The lowest BCUT2D eigenvalue weighted by Gasteiger charge is -2.45. The predicted molar refractivity (Wildman–Crippen MR) is 118 cm³/mol. The maximum atomic E-state index is 13.3. The number of hydrogen-bond donors (Lipinski definition) is 3. The summed E-state index contributed by atoms with van der Waals surface area (Å²) in [6.07, 6.45) is 3.10. The van der Waals surface area contributed by atoms with E-state index in [9.17, 15) is 14.9 Å². The molecule has 0 unspecified atom stereocenters. The van der Waals surface area contributed by atoms with Crippen molar-refractivity contribution < 1.29 is 9.59 Å². The summed E-state index contributed by atoms with van der Waals surface area (Å²) >= 11 is 1.53. The van der Waals surface area contributed by atoms with Gasteiger partial charge in [-0.15, -0.1) is 11.3 Å². The minimum Gasteiger partial charge on any atom is -0.389 e. The zero-order valence-corrected chi connectivity index (χ0v) is 18.8. The standard InChI is InChI=1S/C21H32N6O2S/c1-4-7-27(21(29)25-6-5-24-2)20(28)14-8-13-9-15-16(11-22)19(23)30-18(15)10-17(13)26(3)12-14/h13-14,17,24H,4-10,12,23H2,1-3H3,(H,25,29)/t13-,14-,17-/m1/s1. The summed E-state index contributed by atoms with van der Waals surface area (Å²) in [5.74, 6) is -0.0386. The van der Waals surface area contributed by atoms with Crippen LogP contribution in [0, 0.1) is 23.2 Å². The molecule has 1 aromatic heterocycles. The number of piperidine rings is 1. The third-order valence-corrected chi connectivity index (χ3v) is 7.34. The van der Waals surface area contributed by atoms with Crippen LogP contribution in [0.15, 0.2) is 0 Å². The fourth-order valence-corrected chi connectivity index (χ4v) is 5.89. The van der Waals surface area contributed by atoms with Gasteiger partial charge in [0.15, 0.2) is 0 Å². The molecule has 0 bridgehead atoms. The van der Waals surface area contributed by atoms with Crippen LogP contribution in [0.2, 0.25) is 0 Å². The Morgan fingerprint density at radius 3 is 2.80 bits per heavy atom. The van der Waals surface area contributed by atoms with Gasteiger partial charge in [-0.05, 0) is 51.3 Å². The van der Waals surface area contributed by atoms with E-state index in [2.05, 4.69) is 28.7 Å². The highest BCUT2D eigenvalue weighted by Gasteiger charge is 2.43. The van der Waals surface area contributed by atoms with E-state index in [1.54, 1.807) is 0 Å². The summed E-state index contributed by atoms with van der Waals surface area (Å²) < 4.78 is 0. The van der Waals surface area contributed by atoms with Crippen LogP contribution < -0.4 is 16.4 Å². The number of nitrogen functional groups attached to an aromatic ring is 1. The number of nitrogens with two attached hydrogens (primary N) is 1. The minimum atomic E-state index is -0.315. The van der Waals surface area contributed by atoms with Gasteiger partial charge in [0.25, 0.3) is 0 Å². The maximum Gasteiger partial charge on any atom is 0.324 e. The van der Waals surface area contributed by atoms with Crippen LogP contribution in [0.25, 0.3) is 0 Å². The third-order valence-electron chi connectivity index (χ3n) is 6.26. The monoisotopic (exact) mass is 432 g/mol. The number of imide groups is 1. The number of anilines is 1. The minimum absolute atomic E-state index is 0.0970. The number of urea groups is 1. The van der Waals surface area contributed by atoms with Gasteiger partial charge in [-0.25, -0.2) is 4.79 Å². The van der Waals surface area contributed by atoms with Gasteiger partial charge in [-0.1, -0.05) is 6.92 Å². The van der Waals surface area contributed by atoms with E-state index in [4.69, 9.17) is 5.73 Å². The lowest BCUT2D eigenvalue weighted by atomic mass is 9.74. The van der Waals surface area contributed by atoms with E-state index in [1.807, 2.05) is 14.0 Å². The second-order valence-electron chi connectivity index (χ2n) is 8.29. The van der Waals surface area contributed by atoms with Gasteiger partial charge in [-0.3, -0.25) is 9.69 Å². The highest BCUT2D eigenvalue weighted by Crippen LogP contribution is 2.42. The van der Waals surface area contributed by atoms with Crippen molar-refractivity contribution in [1.29, 1.82) is 5.26 Å². The molecule has 2 aliphatic rings. The van der Waals surface area contributed by atoms with E-state index < -0.39 is 0 Å². The molecule has 1 aliphatic carbocycles. The fourth-order valence-electron chi connectivity index (χ4n) is 4.80. The highest BCUT2D eigenvalue weighted by molar-refractivity contribution is 7.16. The molecule has 3 rings (SSSR count). The lowest BCUT2D eigenvalue weighted by Crippen LogP contribution is -2.55. The molecule has 1 aliphatic heterocycles. The summed E-state index contributed by atoms with van der Waals surface area (Å²) in [6, 6.07) is 2.29. The Hall–Kier alpha value is -2.15. The molecule has 0 aromatic carbocycles. The number of fused-ring (bicyclic) bond motifs is 2. The van der Waals surface area contributed by atoms with Crippen LogP contribution in [0.4, 0.5) is 9.80 Å². The van der Waals surface area contributed by atoms with Gasteiger partial charge in [0, 0.05) is 37.1 Å². The van der Waals surface area contributed by atoms with Crippen LogP contribution in [-0.4, -0.2) is 68.1 Å². The number of amides is 3. The fraction of sp³-hybridized carbons (Fsp3) is 0.667. The van der Waals surface area contributed by atoms with Crippen LogP contribution in [-0.2, 0) is 17.6 Å². The molecular formula is C21H32N6O2S. The third kappa shape index (κ3) is 4.46. The van der Waals surface area contributed by atoms with E-state index in [0.29, 0.717) is 42.8 Å². The number of nitriles is 1. The Bertz CT molecular complexity index is 832. The normalized spacial score (nSPS) is 23.2. The first-order chi connectivity index (χ1) is 14.4. The van der Waals surface area contributed by atoms with Crippen molar-refractivity contribution >= 4 is 28.3 Å². The molecule has 3 amide bonds. The molecule has 0 radical (unpaired) electrons. The summed E-state index contributed by atoms with van der Waals surface area (Å²) in [5.41, 5.74) is 7.74. The highest BCUT2D eigenvalue weighted by atomic mass is 32.1. The van der Waals surface area contributed by atoms with Crippen LogP contribution in [0.3, 0.4) is 0 Å². The Morgan fingerprint density at radius 1 is 1.37 bits per heavy atom. The van der Waals surface area contributed by atoms with E-state index >= 15 is 0 Å². The smallest absolute Gasteiger partial charge is 0.324 e. The van der Waals surface area contributed by atoms with Crippen molar-refractivity contribution in [3.05, 3.63) is 16.0 Å². The second-order valence-corrected chi connectivity index (χ2v) is 9.42. The molecule has 8 nitrogen and oxygen atoms in total. The summed E-state index contributed by atoms with van der Waals surface area (Å²) in [5, 5.41) is 15.9. The number of carbonyl (C=O) groups is 2. The molecule has 0 spiro atoms. The molecule has 1 fully saturated rings. The van der Waals surface area contributed by atoms with Gasteiger partial charge >= 0.3 is 6.03 Å². The molecule has 164 valence electrons. The number of hydrogen-bond acceptors (Lipinski definition) is 7. The number of rotatable bonds is 6. The van der Waals surface area contributed by atoms with E-state index in [1.165, 1.54) is 21.1 Å². The SMILES string of the molecule is CCCN(C(=O)NCCNC)C(=O)[C@@H]1C[C@@H]2Cc3c(sc(N)c3C#N)C[C@H]2N(C)C1. The first kappa shape index (κ1) is 22.5. The number of carbonyl (C=O) groups excluding carboxylic acids is 2. The van der Waals surface area contributed by atoms with Crippen molar-refractivity contribution in [1.82, 2.24) is 20.4 Å². The van der Waals surface area contributed by atoms with Crippen LogP contribution in [0.5, 0.6) is 0 Å². The second kappa shape index (κ2) is 9.77. The van der Waals surface area contributed by atoms with Gasteiger partial charge < -0.3 is 21.3 Å². The van der Waals surface area contributed by atoms with Gasteiger partial charge in [0.05, 0.1) is 11.5 Å². The summed E-state index contributed by atoms with van der Waals surface area (Å²) in [7, 11) is 3.88. The van der Waals surface area contributed by atoms with Crippen molar-refractivity contribution in [3.63, 3.8) is 0 Å². The Labute approximate surface area is 182 Å². The molecule has 1 aromatic rings. The summed E-state index contributed by atoms with van der Waals surface area (Å²) in [4.78, 5) is 30.8. The van der Waals surface area contributed by atoms with Gasteiger partial charge in [0.2, 0.25) is 5.91 Å². The molecule has 2 heterocycles. The summed E-state index contributed by atoms with van der Waals surface area (Å²) in [6.45, 7) is 4.17. The Morgan fingerprint density at radius 2 is 2.13 bits per heavy atom. The molecular weight excluding hydrogens is 400 g/mol. The molecule has 3 atom stereocenters. The first-order valence-corrected chi connectivity index (χ1v) is 11.5. The zero-order valence-electron chi connectivity index (χ0n) is 18.0. The average Bonchev–Trinajstić information content (AvgIpc) is 3.04. The molecule has 30 heavy (non-hydrogen) atoms. The van der Waals surface area contributed by atoms with Crippen molar-refractivity contribution in [2.24, 2.45) is 11.8 Å². The number of nitrogens with zero attached hydrogens (tertiary/aromatic N) is 3. The lowest BCUT2D eigenvalue weighted by molar-refractivity contribution is -0.136. The molecule has 4 N–H and O–H groups in total. The average molecular weight is 433 g/mol. The Kier molecular flexibility index (Phi) is 7.34. The van der Waals surface area contributed by atoms with Gasteiger partial charge in [0.1, 0.15) is 11.1 Å². The van der Waals surface area contributed by atoms with Crippen molar-refractivity contribution in [2.75, 3.05) is 46.0 Å². The number of nitrogens with one attached hydrogen (secondary N) is 2. The van der Waals surface area contributed by atoms with Crippen molar-refractivity contribution in [3.8, 4) is 6.07 Å². The topological polar surface area (TPSA) is 114 Å². The number of likely N-dealkylation sites (N-methyl/N-ethyl adjacent to an activating group) is 2. The van der Waals surface area contributed by atoms with E-state index in [-0.39, 0.29) is 23.8 Å². The Balaban J connectivity index is 1.74. The predicted octanol–water partition coefficient (Wildman–Crippen LogP) is 1.40. The van der Waals surface area contributed by atoms with E-state index in [0.717, 1.165) is 31.2 Å². The zero-order chi connectivity index (χ0) is 21.8. The molecule has 0 saturated carbocycles. The largest absolute Gasteiger partial charge is 0.389 e. The van der Waals surface area contributed by atoms with Crippen LogP contribution >= 0.6 is 11.3 Å². The maximum absolute atomic E-state index is 13.3. The van der Waals surface area contributed by atoms with Crippen molar-refractivity contribution in [2.45, 2.75) is 38.6 Å². The number of likely N-dealkylation sites (tertiary alicyclic amines) is 1. The first-order valence-electron chi connectivity index (χ1n) is 10.6. The van der Waals surface area contributed by atoms with Crippen LogP contribution in [0.1, 0.15) is 35.8 Å². The van der Waals surface area contributed by atoms with Gasteiger partial charge in [-0.2, -0.15) is 5.26 Å². The quantitative estimate of drug-likeness (QED) is 0.586. The molecule has 1 saturated heterocycles. The molecule has 9 heteroatoms.